The molecule has 1 aromatic heterocycles. The molecule has 0 spiro atoms. The molecule has 0 amide bonds. The van der Waals surface area contributed by atoms with Crippen LogP contribution in [0.25, 0.3) is 0 Å². The molecule has 0 saturated heterocycles. The Morgan fingerprint density at radius 3 is 2.39 bits per heavy atom. The number of hydrogen-bond donors (Lipinski definition) is 1. The molecule has 9 heteroatoms. The molecule has 0 bridgehead atoms. The van der Waals surface area contributed by atoms with Gasteiger partial charge in [0.1, 0.15) is 9.84 Å². The molecule has 0 unspecified atom stereocenters. The van der Waals surface area contributed by atoms with Gasteiger partial charge in [0, 0.05) is 36.7 Å². The van der Waals surface area contributed by atoms with Gasteiger partial charge in [0.2, 0.25) is 10.0 Å². The van der Waals surface area contributed by atoms with Gasteiger partial charge in [0.05, 0.1) is 10.6 Å². The van der Waals surface area contributed by atoms with Gasteiger partial charge in [-0.05, 0) is 6.07 Å². The summed E-state index contributed by atoms with van der Waals surface area (Å²) in [6.07, 6.45) is 1.07. The standard InChI is InChI=1S/C9H16N2O4S3/c1-11(3-4-17(2,12)13)18(14,15)9-5-8(6-10)16-7-9/h5,7H,3-4,6,10H2,1-2H3. The fourth-order valence-electron chi connectivity index (χ4n) is 1.20. The van der Waals surface area contributed by atoms with E-state index in [9.17, 15) is 16.8 Å². The molecule has 0 saturated carbocycles. The predicted octanol–water partition coefficient (Wildman–Crippen LogP) is -0.128. The summed E-state index contributed by atoms with van der Waals surface area (Å²) < 4.78 is 47.2. The maximum atomic E-state index is 12.1. The number of sulfonamides is 1. The maximum Gasteiger partial charge on any atom is 0.243 e. The van der Waals surface area contributed by atoms with Crippen LogP contribution in [0.2, 0.25) is 0 Å². The lowest BCUT2D eigenvalue weighted by molar-refractivity contribution is 0.485. The summed E-state index contributed by atoms with van der Waals surface area (Å²) in [5, 5.41) is 1.51. The summed E-state index contributed by atoms with van der Waals surface area (Å²) in [6.45, 7) is 0.224. The van der Waals surface area contributed by atoms with Gasteiger partial charge >= 0.3 is 0 Å². The molecule has 0 fully saturated rings. The summed E-state index contributed by atoms with van der Waals surface area (Å²) in [4.78, 5) is 0.925. The van der Waals surface area contributed by atoms with Gasteiger partial charge in [-0.1, -0.05) is 0 Å². The minimum Gasteiger partial charge on any atom is -0.326 e. The van der Waals surface area contributed by atoms with Crippen molar-refractivity contribution in [3.05, 3.63) is 16.3 Å². The van der Waals surface area contributed by atoms with Crippen molar-refractivity contribution in [2.45, 2.75) is 11.4 Å². The molecule has 1 heterocycles. The highest BCUT2D eigenvalue weighted by atomic mass is 32.2. The van der Waals surface area contributed by atoms with E-state index < -0.39 is 19.9 Å². The Balaban J connectivity index is 2.86. The van der Waals surface area contributed by atoms with Crippen molar-refractivity contribution in [3.8, 4) is 0 Å². The van der Waals surface area contributed by atoms with Crippen LogP contribution in [0.15, 0.2) is 16.3 Å². The highest BCUT2D eigenvalue weighted by Crippen LogP contribution is 2.21. The molecule has 0 aromatic carbocycles. The van der Waals surface area contributed by atoms with Gasteiger partial charge in [-0.25, -0.2) is 16.8 Å². The molecular weight excluding hydrogens is 296 g/mol. The number of thiophene rings is 1. The van der Waals surface area contributed by atoms with Crippen LogP contribution in [0.4, 0.5) is 0 Å². The van der Waals surface area contributed by atoms with Crippen molar-refractivity contribution in [2.75, 3.05) is 25.6 Å². The third kappa shape index (κ3) is 4.02. The second kappa shape index (κ2) is 5.66. The van der Waals surface area contributed by atoms with Crippen molar-refractivity contribution in [1.82, 2.24) is 4.31 Å². The Labute approximate surface area is 111 Å². The first-order valence-electron chi connectivity index (χ1n) is 5.08. The van der Waals surface area contributed by atoms with Gasteiger partial charge in [0.25, 0.3) is 0 Å². The van der Waals surface area contributed by atoms with E-state index in [1.165, 1.54) is 29.8 Å². The monoisotopic (exact) mass is 312 g/mol. The van der Waals surface area contributed by atoms with Crippen molar-refractivity contribution in [3.63, 3.8) is 0 Å². The number of sulfone groups is 1. The van der Waals surface area contributed by atoms with Crippen LogP contribution in [0.5, 0.6) is 0 Å². The fraction of sp³-hybridized carbons (Fsp3) is 0.556. The Morgan fingerprint density at radius 1 is 1.33 bits per heavy atom. The van der Waals surface area contributed by atoms with Crippen molar-refractivity contribution < 1.29 is 16.8 Å². The number of hydrogen-bond acceptors (Lipinski definition) is 6. The van der Waals surface area contributed by atoms with E-state index >= 15 is 0 Å². The summed E-state index contributed by atoms with van der Waals surface area (Å²) in [5.41, 5.74) is 5.42. The average molecular weight is 312 g/mol. The van der Waals surface area contributed by atoms with Crippen LogP contribution in [-0.2, 0) is 26.4 Å². The van der Waals surface area contributed by atoms with E-state index in [1.54, 1.807) is 0 Å². The molecule has 0 aliphatic heterocycles. The average Bonchev–Trinajstić information content (AvgIpc) is 2.73. The first-order chi connectivity index (χ1) is 8.16. The van der Waals surface area contributed by atoms with Crippen molar-refractivity contribution >= 4 is 31.2 Å². The van der Waals surface area contributed by atoms with Crippen LogP contribution in [-0.4, -0.2) is 46.7 Å². The van der Waals surface area contributed by atoms with Gasteiger partial charge in [-0.3, -0.25) is 0 Å². The fourth-order valence-corrected chi connectivity index (χ4v) is 4.23. The molecule has 0 radical (unpaired) electrons. The molecule has 18 heavy (non-hydrogen) atoms. The molecule has 0 aliphatic rings. The minimum absolute atomic E-state index is 0.0605. The molecule has 2 N–H and O–H groups in total. The maximum absolute atomic E-state index is 12.1. The van der Waals surface area contributed by atoms with E-state index in [2.05, 4.69) is 0 Å². The van der Waals surface area contributed by atoms with E-state index in [4.69, 9.17) is 5.73 Å². The topological polar surface area (TPSA) is 97.5 Å². The smallest absolute Gasteiger partial charge is 0.243 e. The lowest BCUT2D eigenvalue weighted by Crippen LogP contribution is -2.31. The predicted molar refractivity (Wildman–Crippen MR) is 71.7 cm³/mol. The number of rotatable bonds is 6. The molecule has 0 aliphatic carbocycles. The zero-order valence-electron chi connectivity index (χ0n) is 10.2. The summed E-state index contributed by atoms with van der Waals surface area (Å²) in [6, 6.07) is 1.51. The zero-order chi connectivity index (χ0) is 14.0. The summed E-state index contributed by atoms with van der Waals surface area (Å²) in [7, 11) is -5.45. The Kier molecular flexibility index (Phi) is 4.90. The third-order valence-corrected chi connectivity index (χ3v) is 6.18. The van der Waals surface area contributed by atoms with Crippen LogP contribution in [0.3, 0.4) is 0 Å². The zero-order valence-corrected chi connectivity index (χ0v) is 12.6. The Morgan fingerprint density at radius 2 is 1.94 bits per heavy atom. The van der Waals surface area contributed by atoms with Crippen molar-refractivity contribution in [1.29, 1.82) is 0 Å². The normalized spacial score (nSPS) is 13.1. The minimum atomic E-state index is -3.63. The lowest BCUT2D eigenvalue weighted by Gasteiger charge is -2.15. The molecule has 1 rings (SSSR count). The molecule has 0 atom stereocenters. The molecular formula is C9H16N2O4S3. The van der Waals surface area contributed by atoms with Gasteiger partial charge < -0.3 is 5.73 Å². The van der Waals surface area contributed by atoms with E-state index in [0.717, 1.165) is 15.4 Å². The van der Waals surface area contributed by atoms with Gasteiger partial charge in [0.15, 0.2) is 0 Å². The molecule has 104 valence electrons. The quantitative estimate of drug-likeness (QED) is 0.789. The summed E-state index contributed by atoms with van der Waals surface area (Å²) in [5.74, 6) is -0.198. The SMILES string of the molecule is CN(CCS(C)(=O)=O)S(=O)(=O)c1csc(CN)c1. The van der Waals surface area contributed by atoms with E-state index in [1.807, 2.05) is 0 Å². The van der Waals surface area contributed by atoms with Crippen molar-refractivity contribution in [2.24, 2.45) is 5.73 Å². The van der Waals surface area contributed by atoms with Crippen LogP contribution in [0, 0.1) is 0 Å². The van der Waals surface area contributed by atoms with Crippen LogP contribution >= 0.6 is 11.3 Å². The first kappa shape index (κ1) is 15.6. The Bertz CT molecular complexity index is 604. The third-order valence-electron chi connectivity index (χ3n) is 2.32. The lowest BCUT2D eigenvalue weighted by atomic mass is 10.5. The van der Waals surface area contributed by atoms with Gasteiger partial charge in [-0.2, -0.15) is 4.31 Å². The Hall–Kier alpha value is -0.480. The first-order valence-corrected chi connectivity index (χ1v) is 9.46. The molecule has 6 nitrogen and oxygen atoms in total. The molecule has 1 aromatic rings. The van der Waals surface area contributed by atoms with Crippen LogP contribution < -0.4 is 5.73 Å². The number of nitrogens with zero attached hydrogens (tertiary/aromatic N) is 1. The number of nitrogens with two attached hydrogens (primary N) is 1. The van der Waals surface area contributed by atoms with Crippen LogP contribution in [0.1, 0.15) is 4.88 Å². The van der Waals surface area contributed by atoms with E-state index in [0.29, 0.717) is 0 Å². The highest BCUT2D eigenvalue weighted by molar-refractivity contribution is 7.91. The van der Waals surface area contributed by atoms with Gasteiger partial charge in [-0.15, -0.1) is 11.3 Å². The largest absolute Gasteiger partial charge is 0.326 e. The second-order valence-electron chi connectivity index (χ2n) is 3.91. The summed E-state index contributed by atoms with van der Waals surface area (Å²) >= 11 is 1.27. The second-order valence-corrected chi connectivity index (χ2v) is 9.21. The highest BCUT2D eigenvalue weighted by Gasteiger charge is 2.22. The van der Waals surface area contributed by atoms with E-state index in [-0.39, 0.29) is 23.7 Å².